The summed E-state index contributed by atoms with van der Waals surface area (Å²) < 4.78 is 1.81. The minimum absolute atomic E-state index is 0.0701. The summed E-state index contributed by atoms with van der Waals surface area (Å²) in [5, 5.41) is 34.8. The monoisotopic (exact) mass is 741 g/mol. The van der Waals surface area contributed by atoms with Gasteiger partial charge in [0.05, 0.1) is 25.0 Å². The van der Waals surface area contributed by atoms with Gasteiger partial charge in [-0.15, -0.1) is 10.2 Å². The van der Waals surface area contributed by atoms with E-state index in [1.807, 2.05) is 89.5 Å². The lowest BCUT2D eigenvalue weighted by molar-refractivity contribution is -0.133. The van der Waals surface area contributed by atoms with Gasteiger partial charge in [-0.2, -0.15) is 0 Å². The molecule has 3 heterocycles. The zero-order valence-electron chi connectivity index (χ0n) is 30.2. The van der Waals surface area contributed by atoms with E-state index in [1.54, 1.807) is 40.4 Å². The van der Waals surface area contributed by atoms with Crippen LogP contribution >= 0.6 is 0 Å². The van der Waals surface area contributed by atoms with Gasteiger partial charge < -0.3 is 30.6 Å². The fourth-order valence-corrected chi connectivity index (χ4v) is 7.41. The smallest absolute Gasteiger partial charge is 0.227 e. The third-order valence-electron chi connectivity index (χ3n) is 10.1. The number of aromatic nitrogens is 3. The Hall–Kier alpha value is -6.18. The van der Waals surface area contributed by atoms with Crippen molar-refractivity contribution in [3.63, 3.8) is 0 Å². The van der Waals surface area contributed by atoms with Crippen LogP contribution in [0.25, 0.3) is 17.1 Å². The molecule has 0 aliphatic carbocycles. The third kappa shape index (κ3) is 9.31. The van der Waals surface area contributed by atoms with Gasteiger partial charge in [-0.3, -0.25) is 23.7 Å². The number of likely N-dealkylation sites (tertiary alicyclic amines) is 2. The fraction of sp³-hybridized carbons (Fsp3) is 0.286. The summed E-state index contributed by atoms with van der Waals surface area (Å²) in [6, 6.07) is 32.5. The van der Waals surface area contributed by atoms with Crippen LogP contribution in [0.2, 0.25) is 0 Å². The van der Waals surface area contributed by atoms with Crippen molar-refractivity contribution in [1.29, 1.82) is 0 Å². The van der Waals surface area contributed by atoms with Gasteiger partial charge in [0.1, 0.15) is 6.33 Å². The Balaban J connectivity index is 0.925. The number of benzene rings is 4. The maximum Gasteiger partial charge on any atom is 0.227 e. The average Bonchev–Trinajstić information content (AvgIpc) is 3.91. The van der Waals surface area contributed by atoms with Crippen molar-refractivity contribution < 1.29 is 29.4 Å². The number of carbonyl (C=O) groups is 4. The molecule has 7 rings (SSSR count). The number of amides is 4. The van der Waals surface area contributed by atoms with Crippen molar-refractivity contribution in [2.24, 2.45) is 0 Å². The van der Waals surface area contributed by atoms with E-state index in [4.69, 9.17) is 0 Å². The number of aliphatic hydroxyl groups is 2. The third-order valence-corrected chi connectivity index (χ3v) is 10.1. The molecule has 55 heavy (non-hydrogen) atoms. The molecule has 1 aromatic heterocycles. The van der Waals surface area contributed by atoms with Gasteiger partial charge in [0, 0.05) is 60.6 Å². The van der Waals surface area contributed by atoms with Gasteiger partial charge >= 0.3 is 0 Å². The molecule has 4 atom stereocenters. The summed E-state index contributed by atoms with van der Waals surface area (Å²) in [6.07, 6.45) is 1.51. The largest absolute Gasteiger partial charge is 0.391 e. The number of aliphatic hydroxyl groups excluding tert-OH is 2. The molecule has 282 valence electrons. The fourth-order valence-electron chi connectivity index (χ4n) is 7.41. The molecule has 2 aliphatic heterocycles. The molecule has 5 aromatic rings. The average molecular weight is 742 g/mol. The summed E-state index contributed by atoms with van der Waals surface area (Å²) >= 11 is 0. The minimum Gasteiger partial charge on any atom is -0.391 e. The topological polar surface area (TPSA) is 170 Å². The molecule has 0 bridgehead atoms. The number of β-amino-alcohol motifs (C(OH)–C–C–N with tert-alkyl or cyclic N) is 2. The molecule has 13 nitrogen and oxygen atoms in total. The van der Waals surface area contributed by atoms with Crippen LogP contribution < -0.4 is 10.6 Å². The van der Waals surface area contributed by atoms with Crippen LogP contribution in [-0.4, -0.2) is 95.8 Å². The highest BCUT2D eigenvalue weighted by Gasteiger charge is 2.36. The molecule has 4 amide bonds. The molecule has 13 heteroatoms. The second-order valence-electron chi connectivity index (χ2n) is 14.2. The summed E-state index contributed by atoms with van der Waals surface area (Å²) in [4.78, 5) is 55.4. The lowest BCUT2D eigenvalue weighted by atomic mass is 10.1. The van der Waals surface area contributed by atoms with Crippen LogP contribution in [0.5, 0.6) is 0 Å². The number of hydrogen-bond donors (Lipinski definition) is 4. The Bertz CT molecular complexity index is 1960. The van der Waals surface area contributed by atoms with Crippen molar-refractivity contribution in [3.8, 4) is 17.1 Å². The quantitative estimate of drug-likeness (QED) is 0.149. The van der Waals surface area contributed by atoms with Crippen LogP contribution in [-0.2, 0) is 32.0 Å². The lowest BCUT2D eigenvalue weighted by Gasteiger charge is -2.24. The first-order chi connectivity index (χ1) is 26.7. The molecule has 0 unspecified atom stereocenters. The summed E-state index contributed by atoms with van der Waals surface area (Å²) in [5.41, 5.74) is 4.45. The van der Waals surface area contributed by atoms with Crippen LogP contribution in [0, 0.1) is 0 Å². The first-order valence-electron chi connectivity index (χ1n) is 18.4. The molecule has 2 saturated heterocycles. The number of carbonyl (C=O) groups excluding carboxylic acids is 4. The minimum atomic E-state index is -0.670. The number of hydrogen-bond acceptors (Lipinski definition) is 8. The normalized spacial score (nSPS) is 19.3. The van der Waals surface area contributed by atoms with Gasteiger partial charge in [-0.05, 0) is 72.5 Å². The van der Waals surface area contributed by atoms with E-state index in [1.165, 1.54) is 0 Å². The Kier molecular flexibility index (Phi) is 11.4. The summed E-state index contributed by atoms with van der Waals surface area (Å²) in [5.74, 6) is -0.168. The Labute approximate surface area is 318 Å². The van der Waals surface area contributed by atoms with E-state index in [9.17, 15) is 29.4 Å². The number of rotatable bonds is 12. The lowest BCUT2D eigenvalue weighted by Crippen LogP contribution is -2.39. The molecule has 2 aliphatic rings. The van der Waals surface area contributed by atoms with Crippen LogP contribution in [0.15, 0.2) is 116 Å². The van der Waals surface area contributed by atoms with Crippen LogP contribution in [0.3, 0.4) is 0 Å². The molecule has 2 fully saturated rings. The van der Waals surface area contributed by atoms with E-state index < -0.39 is 24.3 Å². The van der Waals surface area contributed by atoms with E-state index in [2.05, 4.69) is 20.8 Å². The molecule has 4 N–H and O–H groups in total. The predicted octanol–water partition coefficient (Wildman–Crippen LogP) is 4.00. The number of nitrogens with zero attached hydrogens (tertiary/aromatic N) is 5. The van der Waals surface area contributed by atoms with E-state index in [0.717, 1.165) is 22.4 Å². The van der Waals surface area contributed by atoms with Crippen molar-refractivity contribution in [3.05, 3.63) is 127 Å². The SMILES string of the molecule is O=C(C[C@@H]1C[C@@H](O)CN1C(=O)Cc1ccccc1)Nc1ccc(-c2nncn2-c2ccc(NC(=O)C[C@@H]3C[C@@H](O)CN3C(=O)Cc3ccccc3)cc2)cc1. The standard InChI is InChI=1S/C42H43N7O6/c50-36-21-34(47(25-36)40(54)19-28-7-3-1-4-8-28)23-38(52)44-31-13-11-30(12-14-31)42-46-43-27-49(42)33-17-15-32(16-18-33)45-39(53)24-35-22-37(51)26-48(35)41(55)20-29-9-5-2-6-10-29/h1-18,27,34-37,50-51H,19-26H2,(H,44,52)(H,45,53)/t34-,35-,36+,37+/m0/s1. The highest BCUT2D eigenvalue weighted by atomic mass is 16.3. The van der Waals surface area contributed by atoms with Crippen molar-refractivity contribution >= 4 is 35.0 Å². The van der Waals surface area contributed by atoms with Gasteiger partial charge in [0.2, 0.25) is 23.6 Å². The van der Waals surface area contributed by atoms with E-state index in [-0.39, 0.29) is 62.4 Å². The predicted molar refractivity (Wildman–Crippen MR) is 206 cm³/mol. The first kappa shape index (κ1) is 37.1. The van der Waals surface area contributed by atoms with Gasteiger partial charge in [-0.25, -0.2) is 0 Å². The van der Waals surface area contributed by atoms with Crippen LogP contribution in [0.1, 0.15) is 36.8 Å². The highest BCUT2D eigenvalue weighted by Crippen LogP contribution is 2.27. The van der Waals surface area contributed by atoms with Crippen molar-refractivity contribution in [2.75, 3.05) is 23.7 Å². The van der Waals surface area contributed by atoms with Crippen molar-refractivity contribution in [2.45, 2.75) is 62.8 Å². The van der Waals surface area contributed by atoms with Crippen LogP contribution in [0.4, 0.5) is 11.4 Å². The summed E-state index contributed by atoms with van der Waals surface area (Å²) in [7, 11) is 0. The van der Waals surface area contributed by atoms with Gasteiger partial charge in [0.25, 0.3) is 0 Å². The maximum atomic E-state index is 13.0. The van der Waals surface area contributed by atoms with E-state index in [0.29, 0.717) is 30.0 Å². The zero-order valence-corrected chi connectivity index (χ0v) is 30.2. The van der Waals surface area contributed by atoms with Crippen molar-refractivity contribution in [1.82, 2.24) is 24.6 Å². The maximum absolute atomic E-state index is 13.0. The molecule has 4 aromatic carbocycles. The summed E-state index contributed by atoms with van der Waals surface area (Å²) in [6.45, 7) is 0.418. The molecular formula is C42H43N7O6. The first-order valence-corrected chi connectivity index (χ1v) is 18.4. The van der Waals surface area contributed by atoms with Gasteiger partial charge in [-0.1, -0.05) is 60.7 Å². The second-order valence-corrected chi connectivity index (χ2v) is 14.2. The second kappa shape index (κ2) is 16.9. The Morgan fingerprint density at radius 3 is 1.55 bits per heavy atom. The molecule has 0 spiro atoms. The molecule has 0 radical (unpaired) electrons. The number of anilines is 2. The Morgan fingerprint density at radius 2 is 1.07 bits per heavy atom. The zero-order chi connectivity index (χ0) is 38.3. The number of nitrogens with one attached hydrogen (secondary N) is 2. The Morgan fingerprint density at radius 1 is 0.618 bits per heavy atom. The molecule has 0 saturated carbocycles. The van der Waals surface area contributed by atoms with E-state index >= 15 is 0 Å². The highest BCUT2D eigenvalue weighted by molar-refractivity contribution is 5.93. The molecular weight excluding hydrogens is 699 g/mol. The van der Waals surface area contributed by atoms with Gasteiger partial charge in [0.15, 0.2) is 5.82 Å².